The van der Waals surface area contributed by atoms with E-state index in [1.165, 1.54) is 30.5 Å². The van der Waals surface area contributed by atoms with E-state index in [0.717, 1.165) is 0 Å². The number of aliphatic imine (C=N–C) groups is 1. The summed E-state index contributed by atoms with van der Waals surface area (Å²) in [5.41, 5.74) is 0.898. The second-order valence-corrected chi connectivity index (χ2v) is 4.11. The van der Waals surface area contributed by atoms with Crippen molar-refractivity contribution in [3.63, 3.8) is 0 Å². The average Bonchev–Trinajstić information content (AvgIpc) is 2.39. The van der Waals surface area contributed by atoms with E-state index in [0.29, 0.717) is 11.3 Å². The van der Waals surface area contributed by atoms with Crippen LogP contribution in [0.1, 0.15) is 5.56 Å². The lowest BCUT2D eigenvalue weighted by Crippen LogP contribution is -1.88. The summed E-state index contributed by atoms with van der Waals surface area (Å²) in [5, 5.41) is 10.8. The number of hydrogen-bond acceptors (Lipinski definition) is 3. The van der Waals surface area contributed by atoms with Crippen LogP contribution in [0.25, 0.3) is 0 Å². The Balaban J connectivity index is 2.26. The van der Waals surface area contributed by atoms with Gasteiger partial charge in [-0.1, -0.05) is 23.7 Å². The summed E-state index contributed by atoms with van der Waals surface area (Å²) < 4.78 is 12.7. The molecular formula is C13H8ClFN2O2. The van der Waals surface area contributed by atoms with Crippen LogP contribution in [0.15, 0.2) is 47.5 Å². The van der Waals surface area contributed by atoms with Crippen molar-refractivity contribution in [3.8, 4) is 0 Å². The zero-order valence-electron chi connectivity index (χ0n) is 9.59. The maximum Gasteiger partial charge on any atom is 0.290 e. The van der Waals surface area contributed by atoms with Gasteiger partial charge in [-0.2, -0.15) is 0 Å². The van der Waals surface area contributed by atoms with Gasteiger partial charge >= 0.3 is 0 Å². The second kappa shape index (κ2) is 5.58. The molecule has 0 saturated carbocycles. The quantitative estimate of drug-likeness (QED) is 0.481. The summed E-state index contributed by atoms with van der Waals surface area (Å²) in [6.45, 7) is 0. The highest BCUT2D eigenvalue weighted by Crippen LogP contribution is 2.28. The van der Waals surface area contributed by atoms with Crippen LogP contribution in [0.3, 0.4) is 0 Å². The van der Waals surface area contributed by atoms with Crippen LogP contribution >= 0.6 is 11.6 Å². The zero-order chi connectivity index (χ0) is 13.8. The van der Waals surface area contributed by atoms with Gasteiger partial charge in [0.1, 0.15) is 10.8 Å². The molecule has 0 aromatic heterocycles. The Bertz CT molecular complexity index is 642. The third kappa shape index (κ3) is 3.35. The van der Waals surface area contributed by atoms with Gasteiger partial charge in [0, 0.05) is 12.3 Å². The summed E-state index contributed by atoms with van der Waals surface area (Å²) in [7, 11) is 0. The summed E-state index contributed by atoms with van der Waals surface area (Å²) >= 11 is 5.69. The zero-order valence-corrected chi connectivity index (χ0v) is 10.3. The predicted octanol–water partition coefficient (Wildman–Crippen LogP) is 4.14. The number of nitrogens with zero attached hydrogens (tertiary/aromatic N) is 2. The van der Waals surface area contributed by atoms with E-state index in [-0.39, 0.29) is 16.5 Å². The second-order valence-electron chi connectivity index (χ2n) is 3.70. The van der Waals surface area contributed by atoms with Gasteiger partial charge in [0.15, 0.2) is 0 Å². The van der Waals surface area contributed by atoms with Gasteiger partial charge in [0.25, 0.3) is 5.69 Å². The molecular weight excluding hydrogens is 271 g/mol. The molecule has 4 nitrogen and oxygen atoms in total. The molecule has 0 aliphatic carbocycles. The van der Waals surface area contributed by atoms with Crippen LogP contribution in [0, 0.1) is 15.9 Å². The van der Waals surface area contributed by atoms with Crippen molar-refractivity contribution < 1.29 is 9.31 Å². The first-order valence-electron chi connectivity index (χ1n) is 5.30. The molecule has 0 aliphatic rings. The Morgan fingerprint density at radius 3 is 2.53 bits per heavy atom. The van der Waals surface area contributed by atoms with Crippen molar-refractivity contribution in [1.82, 2.24) is 0 Å². The largest absolute Gasteiger partial charge is 0.290 e. The molecule has 96 valence electrons. The summed E-state index contributed by atoms with van der Waals surface area (Å²) in [6, 6.07) is 10.00. The van der Waals surface area contributed by atoms with E-state index in [1.54, 1.807) is 18.2 Å². The minimum Gasteiger partial charge on any atom is -0.258 e. The molecule has 0 atom stereocenters. The predicted molar refractivity (Wildman–Crippen MR) is 71.8 cm³/mol. The molecule has 0 spiro atoms. The van der Waals surface area contributed by atoms with E-state index in [2.05, 4.69) is 4.99 Å². The molecule has 2 rings (SSSR count). The van der Waals surface area contributed by atoms with Crippen LogP contribution in [0.5, 0.6) is 0 Å². The highest BCUT2D eigenvalue weighted by Gasteiger charge is 2.11. The number of hydrogen-bond donors (Lipinski definition) is 0. The lowest BCUT2D eigenvalue weighted by molar-refractivity contribution is -0.384. The van der Waals surface area contributed by atoms with Crippen molar-refractivity contribution >= 4 is 29.2 Å². The van der Waals surface area contributed by atoms with Crippen LogP contribution in [-0.2, 0) is 0 Å². The normalized spacial score (nSPS) is 10.8. The van der Waals surface area contributed by atoms with Crippen molar-refractivity contribution in [2.45, 2.75) is 0 Å². The number of halogens is 2. The van der Waals surface area contributed by atoms with Gasteiger partial charge in [0.2, 0.25) is 0 Å². The maximum absolute atomic E-state index is 12.7. The van der Waals surface area contributed by atoms with Gasteiger partial charge in [-0.25, -0.2) is 4.39 Å². The molecule has 2 aromatic carbocycles. The standard InChI is InChI=1S/C13H8ClFN2O2/c14-12-6-5-11(7-13(12)17(18)19)16-8-9-1-3-10(15)4-2-9/h1-8H. The molecule has 0 amide bonds. The molecule has 2 aromatic rings. The molecule has 0 N–H and O–H groups in total. The Labute approximate surface area is 113 Å². The first-order valence-corrected chi connectivity index (χ1v) is 5.67. The number of rotatable bonds is 3. The van der Waals surface area contributed by atoms with Crippen LogP contribution in [-0.4, -0.2) is 11.1 Å². The van der Waals surface area contributed by atoms with Crippen molar-refractivity contribution in [1.29, 1.82) is 0 Å². The van der Waals surface area contributed by atoms with E-state index in [1.807, 2.05) is 0 Å². The average molecular weight is 279 g/mol. The summed E-state index contributed by atoms with van der Waals surface area (Å²) in [6.07, 6.45) is 1.49. The maximum atomic E-state index is 12.7. The van der Waals surface area contributed by atoms with Gasteiger partial charge in [-0.05, 0) is 29.8 Å². The third-order valence-corrected chi connectivity index (χ3v) is 2.68. The highest BCUT2D eigenvalue weighted by molar-refractivity contribution is 6.32. The van der Waals surface area contributed by atoms with Gasteiger partial charge in [0.05, 0.1) is 10.6 Å². The van der Waals surface area contributed by atoms with E-state index in [4.69, 9.17) is 11.6 Å². The molecule has 0 aliphatic heterocycles. The lowest BCUT2D eigenvalue weighted by Gasteiger charge is -1.97. The van der Waals surface area contributed by atoms with Gasteiger partial charge in [-0.15, -0.1) is 0 Å². The molecule has 0 heterocycles. The van der Waals surface area contributed by atoms with Crippen LogP contribution in [0.2, 0.25) is 5.02 Å². The first-order chi connectivity index (χ1) is 9.06. The van der Waals surface area contributed by atoms with Crippen LogP contribution in [0.4, 0.5) is 15.8 Å². The van der Waals surface area contributed by atoms with Gasteiger partial charge < -0.3 is 0 Å². The fourth-order valence-electron chi connectivity index (χ4n) is 1.42. The van der Waals surface area contributed by atoms with Crippen molar-refractivity contribution in [2.75, 3.05) is 0 Å². The fourth-order valence-corrected chi connectivity index (χ4v) is 1.61. The van der Waals surface area contributed by atoms with E-state index in [9.17, 15) is 14.5 Å². The molecule has 19 heavy (non-hydrogen) atoms. The van der Waals surface area contributed by atoms with Crippen LogP contribution < -0.4 is 0 Å². The number of benzene rings is 2. The fraction of sp³-hybridized carbons (Fsp3) is 0. The Hall–Kier alpha value is -2.27. The minimum absolute atomic E-state index is 0.0609. The van der Waals surface area contributed by atoms with Gasteiger partial charge in [-0.3, -0.25) is 15.1 Å². The highest BCUT2D eigenvalue weighted by atomic mass is 35.5. The van der Waals surface area contributed by atoms with E-state index < -0.39 is 4.92 Å². The smallest absolute Gasteiger partial charge is 0.258 e. The molecule has 0 bridgehead atoms. The van der Waals surface area contributed by atoms with E-state index >= 15 is 0 Å². The summed E-state index contributed by atoms with van der Waals surface area (Å²) in [5.74, 6) is -0.334. The molecule has 0 unspecified atom stereocenters. The Morgan fingerprint density at radius 2 is 1.89 bits per heavy atom. The van der Waals surface area contributed by atoms with Crippen molar-refractivity contribution in [3.05, 3.63) is 69.0 Å². The lowest BCUT2D eigenvalue weighted by atomic mass is 10.2. The summed E-state index contributed by atoms with van der Waals surface area (Å²) in [4.78, 5) is 14.2. The first kappa shape index (κ1) is 13.2. The molecule has 6 heteroatoms. The van der Waals surface area contributed by atoms with Crippen molar-refractivity contribution in [2.24, 2.45) is 4.99 Å². The molecule has 0 radical (unpaired) electrons. The monoisotopic (exact) mass is 278 g/mol. The number of nitro groups is 1. The number of nitro benzene ring substituents is 1. The third-order valence-electron chi connectivity index (χ3n) is 2.36. The Morgan fingerprint density at radius 1 is 1.21 bits per heavy atom. The topological polar surface area (TPSA) is 55.5 Å². The molecule has 0 fully saturated rings. The SMILES string of the molecule is O=[N+]([O-])c1cc(N=Cc2ccc(F)cc2)ccc1Cl. The Kier molecular flexibility index (Phi) is 3.87. The molecule has 0 saturated heterocycles. The minimum atomic E-state index is -0.570.